The molecule has 1 N–H and O–H groups in total. The second-order valence-corrected chi connectivity index (χ2v) is 4.47. The summed E-state index contributed by atoms with van der Waals surface area (Å²) >= 11 is 0. The molecule has 0 spiro atoms. The van der Waals surface area contributed by atoms with E-state index >= 15 is 0 Å². The fraction of sp³-hybridized carbons (Fsp3) is 0.909. The molecule has 2 heteroatoms. The van der Waals surface area contributed by atoms with Gasteiger partial charge >= 0.3 is 0 Å². The first-order chi connectivity index (χ1) is 6.18. The van der Waals surface area contributed by atoms with E-state index in [0.717, 1.165) is 25.8 Å². The number of carbonyl (C=O) groups excluding carboxylic acids is 1. The summed E-state index contributed by atoms with van der Waals surface area (Å²) in [6, 6.07) is 0.486. The molecule has 0 radical (unpaired) electrons. The molecule has 0 aromatic carbocycles. The Kier molecular flexibility index (Phi) is 4.43. The maximum atomic E-state index is 11.5. The van der Waals surface area contributed by atoms with E-state index in [9.17, 15) is 4.79 Å². The van der Waals surface area contributed by atoms with Gasteiger partial charge in [-0.3, -0.25) is 4.79 Å². The lowest BCUT2D eigenvalue weighted by atomic mass is 10.0. The van der Waals surface area contributed by atoms with Crippen LogP contribution < -0.4 is 5.32 Å². The third-order valence-electron chi connectivity index (χ3n) is 2.64. The van der Waals surface area contributed by atoms with Gasteiger partial charge in [0.1, 0.15) is 5.78 Å². The highest BCUT2D eigenvalue weighted by molar-refractivity contribution is 5.79. The van der Waals surface area contributed by atoms with E-state index in [1.54, 1.807) is 0 Å². The molecule has 0 aromatic rings. The predicted molar refractivity (Wildman–Crippen MR) is 54.7 cm³/mol. The normalized spacial score (nSPS) is 22.5. The standard InChI is InChI=1S/C11H21NO/c1-9(2)5-6-11(13)8-10-4-3-7-12-10/h9-10,12H,3-8H2,1-2H3. The van der Waals surface area contributed by atoms with Gasteiger partial charge in [-0.15, -0.1) is 0 Å². The molecule has 0 bridgehead atoms. The highest BCUT2D eigenvalue weighted by atomic mass is 16.1. The van der Waals surface area contributed by atoms with E-state index in [1.165, 1.54) is 12.8 Å². The van der Waals surface area contributed by atoms with Gasteiger partial charge in [-0.05, 0) is 31.7 Å². The third kappa shape index (κ3) is 4.41. The molecule has 0 saturated carbocycles. The maximum Gasteiger partial charge on any atom is 0.134 e. The molecule has 0 aliphatic carbocycles. The lowest BCUT2D eigenvalue weighted by Crippen LogP contribution is -2.24. The zero-order valence-electron chi connectivity index (χ0n) is 8.81. The minimum atomic E-state index is 0.438. The Morgan fingerprint density at radius 2 is 2.31 bits per heavy atom. The number of Topliss-reactive ketones (excluding diaryl/α,β-unsaturated/α-hetero) is 1. The summed E-state index contributed by atoms with van der Waals surface area (Å²) in [6.07, 6.45) is 5.00. The quantitative estimate of drug-likeness (QED) is 0.707. The molecule has 0 amide bonds. The highest BCUT2D eigenvalue weighted by Crippen LogP contribution is 2.12. The minimum Gasteiger partial charge on any atom is -0.314 e. The van der Waals surface area contributed by atoms with Gasteiger partial charge in [0.05, 0.1) is 0 Å². The van der Waals surface area contributed by atoms with Crippen LogP contribution in [0, 0.1) is 5.92 Å². The Hall–Kier alpha value is -0.370. The lowest BCUT2D eigenvalue weighted by Gasteiger charge is -2.09. The van der Waals surface area contributed by atoms with Gasteiger partial charge in [0.15, 0.2) is 0 Å². The molecular weight excluding hydrogens is 162 g/mol. The first kappa shape index (κ1) is 10.7. The molecule has 0 aromatic heterocycles. The molecule has 1 aliphatic heterocycles. The first-order valence-corrected chi connectivity index (χ1v) is 5.43. The minimum absolute atomic E-state index is 0.438. The van der Waals surface area contributed by atoms with Crippen LogP contribution in [-0.2, 0) is 4.79 Å². The molecule has 1 aliphatic rings. The summed E-state index contributed by atoms with van der Waals surface area (Å²) in [4.78, 5) is 11.5. The molecule has 76 valence electrons. The van der Waals surface area contributed by atoms with Gasteiger partial charge in [-0.2, -0.15) is 0 Å². The van der Waals surface area contributed by atoms with Gasteiger partial charge in [-0.25, -0.2) is 0 Å². The van der Waals surface area contributed by atoms with Crippen molar-refractivity contribution in [2.75, 3.05) is 6.54 Å². The van der Waals surface area contributed by atoms with Crippen molar-refractivity contribution in [1.82, 2.24) is 5.32 Å². The van der Waals surface area contributed by atoms with Crippen LogP contribution in [0.15, 0.2) is 0 Å². The average Bonchev–Trinajstić information content (AvgIpc) is 2.53. The summed E-state index contributed by atoms with van der Waals surface area (Å²) in [5.74, 6) is 1.09. The number of hydrogen-bond donors (Lipinski definition) is 1. The summed E-state index contributed by atoms with van der Waals surface area (Å²) in [7, 11) is 0. The SMILES string of the molecule is CC(C)CCC(=O)CC1CCCN1. The summed E-state index contributed by atoms with van der Waals surface area (Å²) in [5, 5.41) is 3.35. The van der Waals surface area contributed by atoms with Crippen LogP contribution in [0.1, 0.15) is 46.0 Å². The Labute approximate surface area is 81.1 Å². The number of nitrogens with one attached hydrogen (secondary N) is 1. The summed E-state index contributed by atoms with van der Waals surface area (Å²) in [6.45, 7) is 5.43. The molecule has 1 atom stereocenters. The molecule has 1 unspecified atom stereocenters. The average molecular weight is 183 g/mol. The van der Waals surface area contributed by atoms with Crippen LogP contribution >= 0.6 is 0 Å². The number of hydrogen-bond acceptors (Lipinski definition) is 2. The second kappa shape index (κ2) is 5.38. The van der Waals surface area contributed by atoms with Crippen LogP contribution in [0.2, 0.25) is 0 Å². The lowest BCUT2D eigenvalue weighted by molar-refractivity contribution is -0.119. The molecule has 2 nitrogen and oxygen atoms in total. The van der Waals surface area contributed by atoms with Crippen LogP contribution in [0.5, 0.6) is 0 Å². The van der Waals surface area contributed by atoms with Crippen molar-refractivity contribution in [2.45, 2.75) is 52.0 Å². The van der Waals surface area contributed by atoms with Crippen molar-refractivity contribution in [3.63, 3.8) is 0 Å². The van der Waals surface area contributed by atoms with E-state index in [4.69, 9.17) is 0 Å². The van der Waals surface area contributed by atoms with Crippen LogP contribution in [-0.4, -0.2) is 18.4 Å². The molecule has 1 rings (SSSR count). The molecule has 1 heterocycles. The predicted octanol–water partition coefficient (Wildman–Crippen LogP) is 2.13. The van der Waals surface area contributed by atoms with Gasteiger partial charge < -0.3 is 5.32 Å². The highest BCUT2D eigenvalue weighted by Gasteiger charge is 2.17. The topological polar surface area (TPSA) is 29.1 Å². The third-order valence-corrected chi connectivity index (χ3v) is 2.64. The van der Waals surface area contributed by atoms with E-state index in [0.29, 0.717) is 17.7 Å². The Balaban J connectivity index is 2.09. The van der Waals surface area contributed by atoms with Crippen molar-refractivity contribution in [1.29, 1.82) is 0 Å². The molecule has 1 saturated heterocycles. The smallest absolute Gasteiger partial charge is 0.134 e. The van der Waals surface area contributed by atoms with Crippen LogP contribution in [0.3, 0.4) is 0 Å². The monoisotopic (exact) mass is 183 g/mol. The first-order valence-electron chi connectivity index (χ1n) is 5.43. The largest absolute Gasteiger partial charge is 0.314 e. The Morgan fingerprint density at radius 1 is 1.54 bits per heavy atom. The molecular formula is C11H21NO. The molecule has 1 fully saturated rings. The van der Waals surface area contributed by atoms with Crippen molar-refractivity contribution in [2.24, 2.45) is 5.92 Å². The second-order valence-electron chi connectivity index (χ2n) is 4.47. The summed E-state index contributed by atoms with van der Waals surface area (Å²) < 4.78 is 0. The fourth-order valence-electron chi connectivity index (χ4n) is 1.76. The number of ketones is 1. The zero-order valence-corrected chi connectivity index (χ0v) is 8.81. The Morgan fingerprint density at radius 3 is 2.85 bits per heavy atom. The van der Waals surface area contributed by atoms with Gasteiger partial charge in [0, 0.05) is 18.9 Å². The van der Waals surface area contributed by atoms with E-state index in [1.807, 2.05) is 0 Å². The number of rotatable bonds is 5. The van der Waals surface area contributed by atoms with Gasteiger partial charge in [0.25, 0.3) is 0 Å². The van der Waals surface area contributed by atoms with Gasteiger partial charge in [-0.1, -0.05) is 13.8 Å². The van der Waals surface area contributed by atoms with Crippen LogP contribution in [0.4, 0.5) is 0 Å². The van der Waals surface area contributed by atoms with E-state index in [2.05, 4.69) is 19.2 Å². The molecule has 13 heavy (non-hydrogen) atoms. The van der Waals surface area contributed by atoms with Crippen molar-refractivity contribution in [3.8, 4) is 0 Å². The van der Waals surface area contributed by atoms with E-state index < -0.39 is 0 Å². The fourth-order valence-corrected chi connectivity index (χ4v) is 1.76. The van der Waals surface area contributed by atoms with Crippen molar-refractivity contribution in [3.05, 3.63) is 0 Å². The Bertz CT molecular complexity index is 159. The van der Waals surface area contributed by atoms with Gasteiger partial charge in [0.2, 0.25) is 0 Å². The van der Waals surface area contributed by atoms with E-state index in [-0.39, 0.29) is 0 Å². The number of carbonyl (C=O) groups is 1. The summed E-state index contributed by atoms with van der Waals surface area (Å²) in [5.41, 5.74) is 0. The van der Waals surface area contributed by atoms with Crippen LogP contribution in [0.25, 0.3) is 0 Å². The van der Waals surface area contributed by atoms with Crippen molar-refractivity contribution < 1.29 is 4.79 Å². The van der Waals surface area contributed by atoms with Crippen molar-refractivity contribution >= 4 is 5.78 Å². The zero-order chi connectivity index (χ0) is 9.68. The maximum absolute atomic E-state index is 11.5.